The summed E-state index contributed by atoms with van der Waals surface area (Å²) in [6.07, 6.45) is -0.761. The van der Waals surface area contributed by atoms with Crippen molar-refractivity contribution in [3.63, 3.8) is 0 Å². The largest absolute Gasteiger partial charge is 0.394 e. The van der Waals surface area contributed by atoms with Crippen LogP contribution in [-0.4, -0.2) is 29.5 Å². The maximum absolute atomic E-state index is 12.7. The van der Waals surface area contributed by atoms with Crippen LogP contribution in [0.25, 0.3) is 0 Å². The molecule has 3 N–H and O–H groups in total. The van der Waals surface area contributed by atoms with Crippen LogP contribution in [0.3, 0.4) is 0 Å². The Balaban J connectivity index is 2.31. The zero-order chi connectivity index (χ0) is 10.4. The first-order chi connectivity index (χ1) is 6.72. The van der Waals surface area contributed by atoms with Crippen LogP contribution in [0, 0.1) is 5.82 Å². The van der Waals surface area contributed by atoms with Crippen LogP contribution in [0.4, 0.5) is 4.39 Å². The van der Waals surface area contributed by atoms with Gasteiger partial charge in [-0.1, -0.05) is 12.1 Å². The van der Waals surface area contributed by atoms with Crippen LogP contribution in [0.15, 0.2) is 24.3 Å². The second-order valence-electron chi connectivity index (χ2n) is 3.10. The highest BCUT2D eigenvalue weighted by atomic mass is 19.1. The fraction of sp³-hybridized carbons (Fsp3) is 0.400. The first kappa shape index (κ1) is 11.1. The second kappa shape index (κ2) is 5.70. The van der Waals surface area contributed by atoms with Gasteiger partial charge in [-0.15, -0.1) is 0 Å². The molecule has 14 heavy (non-hydrogen) atoms. The predicted octanol–water partition coefficient (Wildman–Crippen LogP) is 0.268. The molecule has 0 aliphatic rings. The highest BCUT2D eigenvalue weighted by Gasteiger charge is 2.00. The lowest BCUT2D eigenvalue weighted by molar-refractivity contribution is 0.0942. The van der Waals surface area contributed by atoms with Crippen molar-refractivity contribution in [3.8, 4) is 0 Å². The molecule has 1 aromatic carbocycles. The molecule has 0 spiro atoms. The van der Waals surface area contributed by atoms with Crippen molar-refractivity contribution >= 4 is 0 Å². The van der Waals surface area contributed by atoms with Crippen LogP contribution < -0.4 is 5.32 Å². The molecule has 0 amide bonds. The van der Waals surface area contributed by atoms with E-state index in [0.29, 0.717) is 13.1 Å². The maximum atomic E-state index is 12.7. The van der Waals surface area contributed by atoms with Gasteiger partial charge in [0.05, 0.1) is 12.7 Å². The van der Waals surface area contributed by atoms with Gasteiger partial charge in [-0.05, 0) is 17.7 Å². The zero-order valence-corrected chi connectivity index (χ0v) is 7.78. The number of aliphatic hydroxyl groups is 2. The average molecular weight is 199 g/mol. The van der Waals surface area contributed by atoms with Gasteiger partial charge in [0.1, 0.15) is 5.82 Å². The molecule has 0 aliphatic carbocycles. The van der Waals surface area contributed by atoms with Crippen molar-refractivity contribution in [3.05, 3.63) is 35.6 Å². The molecule has 4 heteroatoms. The predicted molar refractivity (Wildman–Crippen MR) is 51.2 cm³/mol. The van der Waals surface area contributed by atoms with Gasteiger partial charge in [-0.25, -0.2) is 4.39 Å². The molecule has 0 aromatic heterocycles. The van der Waals surface area contributed by atoms with Crippen molar-refractivity contribution in [1.82, 2.24) is 5.32 Å². The third kappa shape index (κ3) is 3.83. The van der Waals surface area contributed by atoms with Gasteiger partial charge in [0.2, 0.25) is 0 Å². The number of rotatable bonds is 5. The molecule has 0 unspecified atom stereocenters. The van der Waals surface area contributed by atoms with E-state index in [1.165, 1.54) is 12.1 Å². The molecule has 78 valence electrons. The molecule has 3 nitrogen and oxygen atoms in total. The third-order valence-corrected chi connectivity index (χ3v) is 1.81. The topological polar surface area (TPSA) is 52.5 Å². The maximum Gasteiger partial charge on any atom is 0.123 e. The molecule has 0 saturated heterocycles. The van der Waals surface area contributed by atoms with Crippen LogP contribution in [0.1, 0.15) is 5.56 Å². The minimum atomic E-state index is -0.761. The molecule has 0 saturated carbocycles. The Labute approximate surface area is 82.2 Å². The van der Waals surface area contributed by atoms with E-state index in [-0.39, 0.29) is 12.4 Å². The molecule has 0 aliphatic heterocycles. The van der Waals surface area contributed by atoms with E-state index >= 15 is 0 Å². The van der Waals surface area contributed by atoms with Crippen molar-refractivity contribution in [2.45, 2.75) is 12.6 Å². The minimum absolute atomic E-state index is 0.268. The summed E-state index contributed by atoms with van der Waals surface area (Å²) in [5.41, 5.74) is 0.815. The Hall–Kier alpha value is -0.970. The van der Waals surface area contributed by atoms with Crippen LogP contribution in [-0.2, 0) is 6.54 Å². The summed E-state index contributed by atoms with van der Waals surface area (Å²) in [5, 5.41) is 20.4. The molecule has 0 fully saturated rings. The summed E-state index contributed by atoms with van der Waals surface area (Å²) < 4.78 is 12.7. The third-order valence-electron chi connectivity index (χ3n) is 1.81. The van der Waals surface area contributed by atoms with E-state index in [9.17, 15) is 4.39 Å². The Morgan fingerprint density at radius 3 is 2.86 bits per heavy atom. The standard InChI is InChI=1S/C10H14FNO2/c11-9-3-1-2-8(4-9)5-12-6-10(14)7-13/h1-4,10,12-14H,5-7H2/t10-/m1/s1. The van der Waals surface area contributed by atoms with Gasteiger partial charge in [0.25, 0.3) is 0 Å². The first-order valence-electron chi connectivity index (χ1n) is 4.46. The number of halogens is 1. The van der Waals surface area contributed by atoms with Crippen molar-refractivity contribution in [2.24, 2.45) is 0 Å². The summed E-state index contributed by atoms with van der Waals surface area (Å²) in [7, 11) is 0. The quantitative estimate of drug-likeness (QED) is 0.638. The number of hydrogen-bond donors (Lipinski definition) is 3. The first-order valence-corrected chi connectivity index (χ1v) is 4.46. The average Bonchev–Trinajstić information content (AvgIpc) is 2.17. The molecule has 0 radical (unpaired) electrons. The minimum Gasteiger partial charge on any atom is -0.394 e. The zero-order valence-electron chi connectivity index (χ0n) is 7.78. The summed E-state index contributed by atoms with van der Waals surface area (Å²) >= 11 is 0. The summed E-state index contributed by atoms with van der Waals surface area (Å²) in [5.74, 6) is -0.271. The van der Waals surface area contributed by atoms with Gasteiger partial charge < -0.3 is 15.5 Å². The number of benzene rings is 1. The molecule has 0 bridgehead atoms. The molecule has 1 rings (SSSR count). The van der Waals surface area contributed by atoms with Gasteiger partial charge in [0.15, 0.2) is 0 Å². The fourth-order valence-electron chi connectivity index (χ4n) is 1.09. The van der Waals surface area contributed by atoms with E-state index < -0.39 is 6.10 Å². The van der Waals surface area contributed by atoms with E-state index in [0.717, 1.165) is 5.56 Å². The van der Waals surface area contributed by atoms with Crippen LogP contribution >= 0.6 is 0 Å². The number of nitrogens with one attached hydrogen (secondary N) is 1. The summed E-state index contributed by atoms with van der Waals surface area (Å²) in [6, 6.07) is 6.24. The highest BCUT2D eigenvalue weighted by molar-refractivity contribution is 5.15. The molecular formula is C10H14FNO2. The lowest BCUT2D eigenvalue weighted by Crippen LogP contribution is -2.28. The highest BCUT2D eigenvalue weighted by Crippen LogP contribution is 2.02. The van der Waals surface area contributed by atoms with Gasteiger partial charge in [-0.3, -0.25) is 0 Å². The molecule has 1 aromatic rings. The van der Waals surface area contributed by atoms with Gasteiger partial charge >= 0.3 is 0 Å². The summed E-state index contributed by atoms with van der Waals surface area (Å²) in [6.45, 7) is 0.512. The summed E-state index contributed by atoms with van der Waals surface area (Å²) in [4.78, 5) is 0. The van der Waals surface area contributed by atoms with Gasteiger partial charge in [0, 0.05) is 13.1 Å². The lowest BCUT2D eigenvalue weighted by Gasteiger charge is -2.08. The van der Waals surface area contributed by atoms with Crippen molar-refractivity contribution < 1.29 is 14.6 Å². The fourth-order valence-corrected chi connectivity index (χ4v) is 1.09. The normalized spacial score (nSPS) is 12.8. The van der Waals surface area contributed by atoms with Crippen molar-refractivity contribution in [2.75, 3.05) is 13.2 Å². The smallest absolute Gasteiger partial charge is 0.123 e. The Morgan fingerprint density at radius 1 is 1.43 bits per heavy atom. The van der Waals surface area contributed by atoms with E-state index in [1.54, 1.807) is 12.1 Å². The number of aliphatic hydroxyl groups excluding tert-OH is 2. The number of hydrogen-bond acceptors (Lipinski definition) is 3. The Morgan fingerprint density at radius 2 is 2.21 bits per heavy atom. The van der Waals surface area contributed by atoms with E-state index in [2.05, 4.69) is 5.32 Å². The second-order valence-corrected chi connectivity index (χ2v) is 3.10. The lowest BCUT2D eigenvalue weighted by atomic mass is 10.2. The monoisotopic (exact) mass is 199 g/mol. The SMILES string of the molecule is OC[C@H](O)CNCc1cccc(F)c1. The van der Waals surface area contributed by atoms with E-state index in [1.807, 2.05) is 0 Å². The molecule has 1 atom stereocenters. The molecule has 0 heterocycles. The van der Waals surface area contributed by atoms with E-state index in [4.69, 9.17) is 10.2 Å². The molecular weight excluding hydrogens is 185 g/mol. The van der Waals surface area contributed by atoms with Crippen LogP contribution in [0.5, 0.6) is 0 Å². The van der Waals surface area contributed by atoms with Crippen LogP contribution in [0.2, 0.25) is 0 Å². The van der Waals surface area contributed by atoms with Crippen molar-refractivity contribution in [1.29, 1.82) is 0 Å². The Kier molecular flexibility index (Phi) is 4.52. The Bertz CT molecular complexity index is 281. The van der Waals surface area contributed by atoms with Gasteiger partial charge in [-0.2, -0.15) is 0 Å².